The van der Waals surface area contributed by atoms with Crippen LogP contribution in [-0.2, 0) is 19.1 Å². The molecule has 0 aliphatic carbocycles. The highest BCUT2D eigenvalue weighted by Gasteiger charge is 2.18. The van der Waals surface area contributed by atoms with Crippen molar-refractivity contribution < 1.29 is 24.2 Å². The molecule has 0 rings (SSSR count). The summed E-state index contributed by atoms with van der Waals surface area (Å²) in [4.78, 5) is 27.6. The van der Waals surface area contributed by atoms with Crippen molar-refractivity contribution in [3.63, 3.8) is 0 Å². The lowest BCUT2D eigenvalue weighted by atomic mass is 9.99. The van der Waals surface area contributed by atoms with Crippen molar-refractivity contribution in [1.29, 1.82) is 0 Å². The molecule has 6 heteroatoms. The zero-order valence-corrected chi connectivity index (χ0v) is 42.7. The maximum Gasteiger partial charge on any atom is 0.306 e. The lowest BCUT2D eigenvalue weighted by molar-refractivity contribution is -0.152. The van der Waals surface area contributed by atoms with Gasteiger partial charge in [-0.15, -0.1) is 0 Å². The third-order valence-electron chi connectivity index (χ3n) is 12.5. The Hall–Kier alpha value is -1.14. The Balaban J connectivity index is 0. The molecule has 0 aliphatic rings. The molecular weight excluding hydrogens is 755 g/mol. The average Bonchev–Trinajstić information content (AvgIpc) is 3.24. The molecule has 0 bridgehead atoms. The lowest BCUT2D eigenvalue weighted by Crippen LogP contribution is -2.29. The number of hydrogen-bond donors (Lipinski definition) is 1. The number of hydrogen-bond acceptors (Lipinski definition) is 6. The summed E-state index contributed by atoms with van der Waals surface area (Å²) >= 11 is 0. The van der Waals surface area contributed by atoms with Crippen molar-refractivity contribution in [1.82, 2.24) is 4.90 Å². The second kappa shape index (κ2) is 51.5. The van der Waals surface area contributed by atoms with Gasteiger partial charge < -0.3 is 19.5 Å². The van der Waals surface area contributed by atoms with Crippen molar-refractivity contribution in [3.8, 4) is 0 Å². The third kappa shape index (κ3) is 48.2. The summed E-state index contributed by atoms with van der Waals surface area (Å²) in [6.07, 6.45) is 46.7. The van der Waals surface area contributed by atoms with E-state index in [1.54, 1.807) is 0 Å². The van der Waals surface area contributed by atoms with E-state index in [2.05, 4.69) is 53.4 Å². The molecule has 0 saturated carbocycles. The fraction of sp³-hybridized carbons (Fsp3) is 0.964. The molecule has 1 unspecified atom stereocenters. The van der Waals surface area contributed by atoms with Gasteiger partial charge in [0.1, 0.15) is 12.2 Å². The summed E-state index contributed by atoms with van der Waals surface area (Å²) < 4.78 is 11.9. The van der Waals surface area contributed by atoms with E-state index >= 15 is 0 Å². The van der Waals surface area contributed by atoms with E-state index in [9.17, 15) is 14.7 Å². The van der Waals surface area contributed by atoms with Gasteiger partial charge in [0.2, 0.25) is 0 Å². The first kappa shape index (κ1) is 61.9. The number of aliphatic hydroxyl groups excluding tert-OH is 1. The molecule has 61 heavy (non-hydrogen) atoms. The van der Waals surface area contributed by atoms with Crippen molar-refractivity contribution in [2.45, 2.75) is 311 Å². The summed E-state index contributed by atoms with van der Waals surface area (Å²) in [6.45, 7) is 18.6. The number of rotatable bonds is 47. The molecule has 0 heterocycles. The van der Waals surface area contributed by atoms with Gasteiger partial charge in [0.15, 0.2) is 0 Å². The minimum absolute atomic E-state index is 0.0135. The van der Waals surface area contributed by atoms with Crippen molar-refractivity contribution in [2.24, 2.45) is 5.92 Å². The Morgan fingerprint density at radius 1 is 0.393 bits per heavy atom. The maximum absolute atomic E-state index is 12.7. The molecule has 0 spiro atoms. The normalized spacial score (nSPS) is 12.0. The van der Waals surface area contributed by atoms with Gasteiger partial charge in [-0.05, 0) is 83.2 Å². The van der Waals surface area contributed by atoms with Crippen molar-refractivity contribution in [3.05, 3.63) is 0 Å². The van der Waals surface area contributed by atoms with Crippen LogP contribution in [0.4, 0.5) is 0 Å². The van der Waals surface area contributed by atoms with Crippen LogP contribution in [0.3, 0.4) is 0 Å². The highest BCUT2D eigenvalue weighted by Crippen LogP contribution is 2.20. The molecule has 1 N–H and O–H groups in total. The molecule has 1 atom stereocenters. The number of ether oxygens (including phenoxy) is 2. The third-order valence-corrected chi connectivity index (χ3v) is 12.5. The Labute approximate surface area is 383 Å². The molecule has 366 valence electrons. The van der Waals surface area contributed by atoms with Gasteiger partial charge >= 0.3 is 11.9 Å². The van der Waals surface area contributed by atoms with Gasteiger partial charge in [0.25, 0.3) is 0 Å². The summed E-state index contributed by atoms with van der Waals surface area (Å²) in [5.74, 6) is 0.374. The van der Waals surface area contributed by atoms with Gasteiger partial charge in [-0.1, -0.05) is 222 Å². The minimum Gasteiger partial charge on any atom is -0.462 e. The molecule has 0 aromatic heterocycles. The van der Waals surface area contributed by atoms with E-state index in [0.717, 1.165) is 96.7 Å². The summed E-state index contributed by atoms with van der Waals surface area (Å²) in [5.41, 5.74) is 0. The average molecular weight is 866 g/mol. The van der Waals surface area contributed by atoms with Crippen LogP contribution >= 0.6 is 0 Å². The second-order valence-electron chi connectivity index (χ2n) is 19.1. The van der Waals surface area contributed by atoms with Crippen LogP contribution < -0.4 is 0 Å². The fourth-order valence-electron chi connectivity index (χ4n) is 8.29. The standard InChI is InChI=1S/C47H93NO5.C8H18/c1-6-9-12-15-20-27-34-44(35-28-21-16-13-10-7-2)52-46(50)37-30-23-18-25-32-39-48(41-42-49)40-33-26-19-24-31-38-47(51)53-45(43(4)5)36-29-22-17-14-11-8-3;1-3-5-7-8-6-4-2/h43-45,49H,6-42H2,1-5H3;3-8H2,1-2H3. The Morgan fingerprint density at radius 3 is 1.07 bits per heavy atom. The van der Waals surface area contributed by atoms with Crippen LogP contribution in [0.1, 0.15) is 299 Å². The summed E-state index contributed by atoms with van der Waals surface area (Å²) in [7, 11) is 0. The van der Waals surface area contributed by atoms with Gasteiger partial charge in [-0.3, -0.25) is 9.59 Å². The predicted molar refractivity (Wildman–Crippen MR) is 267 cm³/mol. The molecule has 0 aromatic carbocycles. The van der Waals surface area contributed by atoms with Crippen LogP contribution in [0.25, 0.3) is 0 Å². The number of carbonyl (C=O) groups excluding carboxylic acids is 2. The van der Waals surface area contributed by atoms with Gasteiger partial charge in [0, 0.05) is 19.4 Å². The Bertz CT molecular complexity index is 843. The number of aliphatic hydroxyl groups is 1. The zero-order valence-electron chi connectivity index (χ0n) is 42.7. The predicted octanol–water partition coefficient (Wildman–Crippen LogP) is 17.1. The van der Waals surface area contributed by atoms with Crippen LogP contribution in [-0.4, -0.2) is 60.4 Å². The van der Waals surface area contributed by atoms with Crippen molar-refractivity contribution in [2.75, 3.05) is 26.2 Å². The van der Waals surface area contributed by atoms with Gasteiger partial charge in [0.05, 0.1) is 6.61 Å². The molecule has 0 fully saturated rings. The lowest BCUT2D eigenvalue weighted by Gasteiger charge is -2.21. The highest BCUT2D eigenvalue weighted by atomic mass is 16.5. The maximum atomic E-state index is 12.7. The Kier molecular flexibility index (Phi) is 52.3. The van der Waals surface area contributed by atoms with Crippen molar-refractivity contribution >= 4 is 11.9 Å². The molecule has 0 saturated heterocycles. The molecule has 0 aromatic rings. The first-order valence-corrected chi connectivity index (χ1v) is 27.5. The van der Waals surface area contributed by atoms with Gasteiger partial charge in [-0.2, -0.15) is 0 Å². The number of esters is 2. The first-order valence-electron chi connectivity index (χ1n) is 27.5. The van der Waals surface area contributed by atoms with E-state index in [0.29, 0.717) is 18.8 Å². The Morgan fingerprint density at radius 2 is 0.705 bits per heavy atom. The minimum atomic E-state index is -0.0185. The van der Waals surface area contributed by atoms with Crippen LogP contribution in [0, 0.1) is 5.92 Å². The van der Waals surface area contributed by atoms with Crippen LogP contribution in [0.15, 0.2) is 0 Å². The smallest absolute Gasteiger partial charge is 0.306 e. The van der Waals surface area contributed by atoms with E-state index in [1.165, 1.54) is 161 Å². The number of unbranched alkanes of at least 4 members (excludes halogenated alkanes) is 28. The largest absolute Gasteiger partial charge is 0.462 e. The quantitative estimate of drug-likeness (QED) is 0.0485. The summed E-state index contributed by atoms with van der Waals surface area (Å²) in [5, 5.41) is 9.59. The number of carbonyl (C=O) groups is 2. The summed E-state index contributed by atoms with van der Waals surface area (Å²) in [6, 6.07) is 0. The molecule has 0 aliphatic heterocycles. The molecule has 6 nitrogen and oxygen atoms in total. The van der Waals surface area contributed by atoms with Crippen LogP contribution in [0.5, 0.6) is 0 Å². The van der Waals surface area contributed by atoms with E-state index in [4.69, 9.17) is 9.47 Å². The van der Waals surface area contributed by atoms with Crippen LogP contribution in [0.2, 0.25) is 0 Å². The molecule has 0 amide bonds. The number of nitrogens with zero attached hydrogens (tertiary/aromatic N) is 1. The molecular formula is C55H111NO5. The van der Waals surface area contributed by atoms with Gasteiger partial charge in [-0.25, -0.2) is 0 Å². The van der Waals surface area contributed by atoms with E-state index < -0.39 is 0 Å². The SMILES string of the molecule is CCCCCCCC.CCCCCCCCC(CCCCCCCC)OC(=O)CCCCCCCN(CCO)CCCCCCCC(=O)OC(CCCCCCCC)C(C)C. The van der Waals surface area contributed by atoms with E-state index in [-0.39, 0.29) is 30.8 Å². The van der Waals surface area contributed by atoms with E-state index in [1.807, 2.05) is 0 Å². The first-order chi connectivity index (χ1) is 29.8. The monoisotopic (exact) mass is 866 g/mol. The zero-order chi connectivity index (χ0) is 45.3. The second-order valence-corrected chi connectivity index (χ2v) is 19.1. The fourth-order valence-corrected chi connectivity index (χ4v) is 8.29. The molecule has 0 radical (unpaired) electrons. The highest BCUT2D eigenvalue weighted by molar-refractivity contribution is 5.69. The topological polar surface area (TPSA) is 76.1 Å².